The van der Waals surface area contributed by atoms with Crippen molar-refractivity contribution in [3.63, 3.8) is 0 Å². The van der Waals surface area contributed by atoms with Crippen molar-refractivity contribution in [2.75, 3.05) is 7.11 Å². The van der Waals surface area contributed by atoms with Crippen LogP contribution in [0.4, 0.5) is 0 Å². The Morgan fingerprint density at radius 1 is 0.955 bits per heavy atom. The molecule has 1 N–H and O–H groups in total. The van der Waals surface area contributed by atoms with Gasteiger partial charge >= 0.3 is 0 Å². The highest BCUT2D eigenvalue weighted by Crippen LogP contribution is 2.34. The van der Waals surface area contributed by atoms with Crippen molar-refractivity contribution >= 4 is 10.8 Å². The maximum Gasteiger partial charge on any atom is 0.177 e. The predicted molar refractivity (Wildman–Crippen MR) is 88.8 cm³/mol. The Balaban J connectivity index is 2.22. The third-order valence-corrected chi connectivity index (χ3v) is 3.90. The summed E-state index contributed by atoms with van der Waals surface area (Å²) in [6.45, 7) is 0. The number of methoxy groups -OCH3 is 1. The average Bonchev–Trinajstić information content (AvgIpc) is 2.60. The smallest absolute Gasteiger partial charge is 0.177 e. The fourth-order valence-electron chi connectivity index (χ4n) is 2.69. The van der Waals surface area contributed by atoms with Gasteiger partial charge in [0.15, 0.2) is 5.60 Å². The van der Waals surface area contributed by atoms with Crippen LogP contribution in [-0.4, -0.2) is 12.2 Å². The summed E-state index contributed by atoms with van der Waals surface area (Å²) >= 11 is 0. The molecule has 0 heterocycles. The number of aliphatic hydroxyl groups is 1. The topological polar surface area (TPSA) is 29.5 Å². The van der Waals surface area contributed by atoms with Gasteiger partial charge in [0.2, 0.25) is 0 Å². The maximum absolute atomic E-state index is 11.1. The molecule has 2 heteroatoms. The van der Waals surface area contributed by atoms with Crippen molar-refractivity contribution in [1.29, 1.82) is 0 Å². The molecular weight excluding hydrogens is 272 g/mol. The summed E-state index contributed by atoms with van der Waals surface area (Å²) in [5, 5.41) is 13.1. The van der Waals surface area contributed by atoms with Crippen LogP contribution in [0, 0.1) is 12.3 Å². The highest BCUT2D eigenvalue weighted by atomic mass is 16.5. The zero-order valence-electron chi connectivity index (χ0n) is 12.3. The van der Waals surface area contributed by atoms with Gasteiger partial charge in [-0.15, -0.1) is 6.42 Å². The summed E-state index contributed by atoms with van der Waals surface area (Å²) in [7, 11) is 1.60. The third kappa shape index (κ3) is 2.22. The minimum atomic E-state index is -1.48. The first-order chi connectivity index (χ1) is 10.7. The van der Waals surface area contributed by atoms with Gasteiger partial charge in [0.25, 0.3) is 0 Å². The second-order valence-electron chi connectivity index (χ2n) is 5.11. The average molecular weight is 288 g/mol. The van der Waals surface area contributed by atoms with Crippen molar-refractivity contribution in [2.45, 2.75) is 5.60 Å². The number of hydrogen-bond donors (Lipinski definition) is 1. The molecule has 3 rings (SSSR count). The minimum absolute atomic E-state index is 0.646. The second kappa shape index (κ2) is 5.55. The second-order valence-corrected chi connectivity index (χ2v) is 5.11. The van der Waals surface area contributed by atoms with Crippen molar-refractivity contribution in [1.82, 2.24) is 0 Å². The molecule has 0 bridgehead atoms. The molecule has 0 saturated carbocycles. The lowest BCUT2D eigenvalue weighted by Crippen LogP contribution is -2.25. The zero-order valence-corrected chi connectivity index (χ0v) is 12.3. The maximum atomic E-state index is 11.1. The van der Waals surface area contributed by atoms with Gasteiger partial charge in [0.1, 0.15) is 5.75 Å². The van der Waals surface area contributed by atoms with Gasteiger partial charge in [0.05, 0.1) is 7.11 Å². The van der Waals surface area contributed by atoms with Crippen LogP contribution in [0.25, 0.3) is 10.8 Å². The molecule has 0 aliphatic heterocycles. The Hall–Kier alpha value is -2.76. The first-order valence-corrected chi connectivity index (χ1v) is 7.02. The normalized spacial score (nSPS) is 13.3. The molecule has 0 radical (unpaired) electrons. The Bertz CT molecular complexity index is 838. The summed E-state index contributed by atoms with van der Waals surface area (Å²) in [5.41, 5.74) is -0.127. The van der Waals surface area contributed by atoms with E-state index >= 15 is 0 Å². The van der Waals surface area contributed by atoms with E-state index in [2.05, 4.69) is 5.92 Å². The molecule has 2 nitrogen and oxygen atoms in total. The number of terminal acetylenes is 1. The summed E-state index contributed by atoms with van der Waals surface area (Å²) in [6.07, 6.45) is 5.70. The molecule has 1 unspecified atom stereocenters. The van der Waals surface area contributed by atoms with E-state index in [4.69, 9.17) is 11.2 Å². The monoisotopic (exact) mass is 288 g/mol. The van der Waals surface area contributed by atoms with Gasteiger partial charge in [-0.3, -0.25) is 0 Å². The van der Waals surface area contributed by atoms with E-state index in [-0.39, 0.29) is 0 Å². The lowest BCUT2D eigenvalue weighted by molar-refractivity contribution is 0.147. The molecule has 0 aromatic heterocycles. The molecular formula is C20H16O2. The van der Waals surface area contributed by atoms with Crippen molar-refractivity contribution in [2.24, 2.45) is 0 Å². The lowest BCUT2D eigenvalue weighted by atomic mass is 9.84. The van der Waals surface area contributed by atoms with E-state index in [1.165, 1.54) is 0 Å². The molecule has 3 aromatic rings. The van der Waals surface area contributed by atoms with Crippen LogP contribution in [0.3, 0.4) is 0 Å². The van der Waals surface area contributed by atoms with Gasteiger partial charge in [-0.05, 0) is 22.9 Å². The molecule has 0 aliphatic carbocycles. The molecule has 0 amide bonds. The minimum Gasteiger partial charge on any atom is -0.497 e. The van der Waals surface area contributed by atoms with E-state index in [1.54, 1.807) is 31.4 Å². The van der Waals surface area contributed by atoms with Crippen LogP contribution < -0.4 is 4.74 Å². The van der Waals surface area contributed by atoms with Crippen LogP contribution in [0.5, 0.6) is 5.75 Å². The quantitative estimate of drug-likeness (QED) is 0.744. The standard InChI is InChI=1S/C20H16O2/c1-3-20(21,16-11-13-17(22-2)14-12-16)19-10-6-8-15-7-4-5-9-18(15)19/h1,4-14,21H,2H3. The molecule has 3 aromatic carbocycles. The number of ether oxygens (including phenoxy) is 1. The van der Waals surface area contributed by atoms with E-state index in [9.17, 15) is 5.11 Å². The van der Waals surface area contributed by atoms with Crippen LogP contribution in [0.2, 0.25) is 0 Å². The lowest BCUT2D eigenvalue weighted by Gasteiger charge is -2.25. The number of rotatable bonds is 3. The van der Waals surface area contributed by atoms with E-state index < -0.39 is 5.60 Å². The first-order valence-electron chi connectivity index (χ1n) is 7.02. The van der Waals surface area contributed by atoms with Crippen LogP contribution >= 0.6 is 0 Å². The van der Waals surface area contributed by atoms with Gasteiger partial charge in [-0.1, -0.05) is 60.5 Å². The zero-order chi connectivity index (χ0) is 15.6. The van der Waals surface area contributed by atoms with Gasteiger partial charge in [0, 0.05) is 11.1 Å². The predicted octanol–water partition coefficient (Wildman–Crippen LogP) is 3.72. The summed E-state index contributed by atoms with van der Waals surface area (Å²) < 4.78 is 5.16. The SMILES string of the molecule is C#CC(O)(c1ccc(OC)cc1)c1cccc2ccccc12. The Morgan fingerprint density at radius 3 is 2.32 bits per heavy atom. The molecule has 1 atom stereocenters. The Labute approximate surface area is 130 Å². The summed E-state index contributed by atoms with van der Waals surface area (Å²) in [6, 6.07) is 20.8. The Morgan fingerprint density at radius 2 is 1.64 bits per heavy atom. The largest absolute Gasteiger partial charge is 0.497 e. The van der Waals surface area contributed by atoms with E-state index in [0.29, 0.717) is 11.1 Å². The van der Waals surface area contributed by atoms with Gasteiger partial charge in [-0.2, -0.15) is 0 Å². The summed E-state index contributed by atoms with van der Waals surface area (Å²) in [4.78, 5) is 0. The molecule has 0 saturated heterocycles. The van der Waals surface area contributed by atoms with Crippen LogP contribution in [0.1, 0.15) is 11.1 Å². The number of benzene rings is 3. The van der Waals surface area contributed by atoms with Gasteiger partial charge < -0.3 is 9.84 Å². The van der Waals surface area contributed by atoms with Crippen molar-refractivity contribution in [3.05, 3.63) is 77.9 Å². The highest BCUT2D eigenvalue weighted by molar-refractivity contribution is 5.87. The Kier molecular flexibility index (Phi) is 3.58. The fraction of sp³-hybridized carbons (Fsp3) is 0.100. The van der Waals surface area contributed by atoms with Crippen LogP contribution in [0.15, 0.2) is 66.7 Å². The van der Waals surface area contributed by atoms with E-state index in [1.807, 2.05) is 42.5 Å². The fourth-order valence-corrected chi connectivity index (χ4v) is 2.69. The first kappa shape index (κ1) is 14.2. The number of hydrogen-bond acceptors (Lipinski definition) is 2. The molecule has 108 valence electrons. The number of fused-ring (bicyclic) bond motifs is 1. The summed E-state index contributed by atoms with van der Waals surface area (Å²) in [5.74, 6) is 3.28. The van der Waals surface area contributed by atoms with Gasteiger partial charge in [-0.25, -0.2) is 0 Å². The molecule has 0 fully saturated rings. The molecule has 0 aliphatic rings. The third-order valence-electron chi connectivity index (χ3n) is 3.90. The van der Waals surface area contributed by atoms with Crippen molar-refractivity contribution < 1.29 is 9.84 Å². The molecule has 22 heavy (non-hydrogen) atoms. The van der Waals surface area contributed by atoms with Crippen molar-refractivity contribution in [3.8, 4) is 18.1 Å². The molecule has 0 spiro atoms. The highest BCUT2D eigenvalue weighted by Gasteiger charge is 2.30. The van der Waals surface area contributed by atoms with E-state index in [0.717, 1.165) is 16.5 Å². The van der Waals surface area contributed by atoms with Crippen LogP contribution in [-0.2, 0) is 5.60 Å².